The Morgan fingerprint density at radius 1 is 0.931 bits per heavy atom. The van der Waals surface area contributed by atoms with Gasteiger partial charge in [0.25, 0.3) is 0 Å². The molecule has 0 saturated carbocycles. The van der Waals surface area contributed by atoms with Gasteiger partial charge in [0.1, 0.15) is 6.61 Å². The maximum atomic E-state index is 12.3. The SMILES string of the molecule is O=C(O)CCOC[C@@H]1CC[C@@H](COC(=O)c2ccccc2)N1Cc1ccccc1. The van der Waals surface area contributed by atoms with Gasteiger partial charge in [-0.2, -0.15) is 0 Å². The first-order valence-corrected chi connectivity index (χ1v) is 9.95. The standard InChI is InChI=1S/C23H27NO5/c25-22(26)13-14-28-16-20-11-12-21(24(20)15-18-7-3-1-4-8-18)17-29-23(27)19-9-5-2-6-10-19/h1-10,20-21H,11-17H2,(H,25,26)/t20-,21-/m0/s1. The number of rotatable bonds is 10. The predicted molar refractivity (Wildman–Crippen MR) is 109 cm³/mol. The second-order valence-corrected chi connectivity index (χ2v) is 7.23. The van der Waals surface area contributed by atoms with Gasteiger partial charge in [-0.3, -0.25) is 9.69 Å². The first-order valence-electron chi connectivity index (χ1n) is 9.95. The van der Waals surface area contributed by atoms with Crippen LogP contribution in [-0.2, 0) is 20.8 Å². The van der Waals surface area contributed by atoms with E-state index in [-0.39, 0.29) is 31.1 Å². The molecule has 1 N–H and O–H groups in total. The minimum atomic E-state index is -0.858. The van der Waals surface area contributed by atoms with Gasteiger partial charge in [0.2, 0.25) is 0 Å². The second-order valence-electron chi connectivity index (χ2n) is 7.23. The second kappa shape index (κ2) is 10.7. The van der Waals surface area contributed by atoms with Gasteiger partial charge in [0.15, 0.2) is 0 Å². The molecule has 0 amide bonds. The summed E-state index contributed by atoms with van der Waals surface area (Å²) in [5.41, 5.74) is 1.73. The Bertz CT molecular complexity index is 780. The van der Waals surface area contributed by atoms with Gasteiger partial charge in [-0.15, -0.1) is 0 Å². The summed E-state index contributed by atoms with van der Waals surface area (Å²) in [5.74, 6) is -1.17. The molecule has 3 rings (SSSR count). The molecule has 1 aliphatic heterocycles. The normalized spacial score (nSPS) is 19.2. The molecule has 154 valence electrons. The highest BCUT2D eigenvalue weighted by atomic mass is 16.5. The van der Waals surface area contributed by atoms with E-state index in [4.69, 9.17) is 14.6 Å². The smallest absolute Gasteiger partial charge is 0.338 e. The van der Waals surface area contributed by atoms with Crippen LogP contribution in [0, 0.1) is 0 Å². The number of esters is 1. The molecular formula is C23H27NO5. The maximum Gasteiger partial charge on any atom is 0.338 e. The van der Waals surface area contributed by atoms with Gasteiger partial charge in [-0.1, -0.05) is 48.5 Å². The monoisotopic (exact) mass is 397 g/mol. The summed E-state index contributed by atoms with van der Waals surface area (Å²) >= 11 is 0. The maximum absolute atomic E-state index is 12.3. The van der Waals surface area contributed by atoms with E-state index in [1.807, 2.05) is 36.4 Å². The summed E-state index contributed by atoms with van der Waals surface area (Å²) < 4.78 is 11.2. The molecule has 6 heteroatoms. The number of hydrogen-bond donors (Lipinski definition) is 1. The van der Waals surface area contributed by atoms with Crippen molar-refractivity contribution >= 4 is 11.9 Å². The largest absolute Gasteiger partial charge is 0.481 e. The molecule has 1 heterocycles. The third-order valence-corrected chi connectivity index (χ3v) is 5.17. The molecule has 0 radical (unpaired) electrons. The van der Waals surface area contributed by atoms with Gasteiger partial charge < -0.3 is 14.6 Å². The molecule has 0 aliphatic carbocycles. The van der Waals surface area contributed by atoms with Crippen molar-refractivity contribution in [1.82, 2.24) is 4.90 Å². The zero-order valence-electron chi connectivity index (χ0n) is 16.4. The summed E-state index contributed by atoms with van der Waals surface area (Å²) in [5, 5.41) is 8.77. The number of carbonyl (C=O) groups excluding carboxylic acids is 1. The van der Waals surface area contributed by atoms with E-state index in [0.29, 0.717) is 18.8 Å². The number of benzene rings is 2. The van der Waals surface area contributed by atoms with E-state index < -0.39 is 5.97 Å². The summed E-state index contributed by atoms with van der Waals surface area (Å²) in [6, 6.07) is 19.4. The van der Waals surface area contributed by atoms with Gasteiger partial charge in [-0.25, -0.2) is 4.79 Å². The summed E-state index contributed by atoms with van der Waals surface area (Å²) in [7, 11) is 0. The fourth-order valence-corrected chi connectivity index (χ4v) is 3.63. The van der Waals surface area contributed by atoms with Gasteiger partial charge in [0.05, 0.1) is 25.2 Å². The molecule has 29 heavy (non-hydrogen) atoms. The quantitative estimate of drug-likeness (QED) is 0.489. The number of nitrogens with zero attached hydrogens (tertiary/aromatic N) is 1. The minimum absolute atomic E-state index is 0.00349. The Kier molecular flexibility index (Phi) is 7.78. The number of hydrogen-bond acceptors (Lipinski definition) is 5. The molecule has 0 unspecified atom stereocenters. The Balaban J connectivity index is 1.59. The molecule has 6 nitrogen and oxygen atoms in total. The van der Waals surface area contributed by atoms with Gasteiger partial charge >= 0.3 is 11.9 Å². The van der Waals surface area contributed by atoms with Crippen LogP contribution >= 0.6 is 0 Å². The zero-order chi connectivity index (χ0) is 20.5. The lowest BCUT2D eigenvalue weighted by atomic mass is 10.2. The molecule has 1 aliphatic rings. The molecule has 2 aromatic rings. The lowest BCUT2D eigenvalue weighted by Gasteiger charge is -2.30. The minimum Gasteiger partial charge on any atom is -0.481 e. The fourth-order valence-electron chi connectivity index (χ4n) is 3.63. The van der Waals surface area contributed by atoms with Crippen molar-refractivity contribution in [1.29, 1.82) is 0 Å². The van der Waals surface area contributed by atoms with Crippen LogP contribution in [0.3, 0.4) is 0 Å². The number of likely N-dealkylation sites (tertiary alicyclic amines) is 1. The number of aliphatic carboxylic acids is 1. The number of carboxylic acids is 1. The van der Waals surface area contributed by atoms with Crippen LogP contribution in [-0.4, -0.2) is 53.8 Å². The van der Waals surface area contributed by atoms with E-state index in [1.54, 1.807) is 12.1 Å². The van der Waals surface area contributed by atoms with Crippen LogP contribution < -0.4 is 0 Å². The van der Waals surface area contributed by atoms with Crippen LogP contribution in [0.15, 0.2) is 60.7 Å². The Morgan fingerprint density at radius 2 is 1.55 bits per heavy atom. The van der Waals surface area contributed by atoms with E-state index in [0.717, 1.165) is 19.4 Å². The molecule has 2 atom stereocenters. The zero-order valence-corrected chi connectivity index (χ0v) is 16.4. The summed E-state index contributed by atoms with van der Waals surface area (Å²) in [4.78, 5) is 25.3. The number of carbonyl (C=O) groups is 2. The molecule has 0 bridgehead atoms. The molecule has 2 aromatic carbocycles. The first kappa shape index (κ1) is 21.0. The van der Waals surface area contributed by atoms with Crippen LogP contribution in [0.4, 0.5) is 0 Å². The number of carboxylic acid groups (broad SMARTS) is 1. The van der Waals surface area contributed by atoms with E-state index in [2.05, 4.69) is 17.0 Å². The van der Waals surface area contributed by atoms with Gasteiger partial charge in [0, 0.05) is 18.6 Å². The van der Waals surface area contributed by atoms with Gasteiger partial charge in [-0.05, 0) is 30.5 Å². The van der Waals surface area contributed by atoms with E-state index in [1.165, 1.54) is 5.56 Å². The Hall–Kier alpha value is -2.70. The topological polar surface area (TPSA) is 76.1 Å². The molecule has 1 saturated heterocycles. The third-order valence-electron chi connectivity index (χ3n) is 5.17. The molecular weight excluding hydrogens is 370 g/mol. The highest BCUT2D eigenvalue weighted by molar-refractivity contribution is 5.89. The van der Waals surface area contributed by atoms with E-state index in [9.17, 15) is 9.59 Å². The average molecular weight is 397 g/mol. The fraction of sp³-hybridized carbons (Fsp3) is 0.391. The average Bonchev–Trinajstić information content (AvgIpc) is 3.12. The van der Waals surface area contributed by atoms with E-state index >= 15 is 0 Å². The van der Waals surface area contributed by atoms with Crippen molar-refractivity contribution in [2.75, 3.05) is 19.8 Å². The Morgan fingerprint density at radius 3 is 2.21 bits per heavy atom. The van der Waals surface area contributed by atoms with Crippen molar-refractivity contribution < 1.29 is 24.2 Å². The Labute approximate surface area is 171 Å². The molecule has 1 fully saturated rings. The van der Waals surface area contributed by atoms with Crippen LogP contribution in [0.25, 0.3) is 0 Å². The van der Waals surface area contributed by atoms with Crippen molar-refractivity contribution in [3.05, 3.63) is 71.8 Å². The summed E-state index contributed by atoms with van der Waals surface area (Å²) in [6.07, 6.45) is 1.83. The van der Waals surface area contributed by atoms with Crippen LogP contribution in [0.5, 0.6) is 0 Å². The predicted octanol–water partition coefficient (Wildman–Crippen LogP) is 3.37. The third kappa shape index (κ3) is 6.41. The summed E-state index contributed by atoms with van der Waals surface area (Å²) in [6.45, 7) is 1.75. The molecule has 0 spiro atoms. The number of ether oxygens (including phenoxy) is 2. The molecule has 0 aromatic heterocycles. The van der Waals surface area contributed by atoms with Crippen LogP contribution in [0.1, 0.15) is 35.2 Å². The van der Waals surface area contributed by atoms with Crippen molar-refractivity contribution in [2.24, 2.45) is 0 Å². The highest BCUT2D eigenvalue weighted by Crippen LogP contribution is 2.27. The van der Waals surface area contributed by atoms with Crippen molar-refractivity contribution in [3.8, 4) is 0 Å². The van der Waals surface area contributed by atoms with Crippen molar-refractivity contribution in [3.63, 3.8) is 0 Å². The van der Waals surface area contributed by atoms with Crippen molar-refractivity contribution in [2.45, 2.75) is 37.9 Å². The lowest BCUT2D eigenvalue weighted by Crippen LogP contribution is -2.40. The lowest BCUT2D eigenvalue weighted by molar-refractivity contribution is -0.138. The highest BCUT2D eigenvalue weighted by Gasteiger charge is 2.34. The first-order chi connectivity index (χ1) is 14.1. The van der Waals surface area contributed by atoms with Crippen LogP contribution in [0.2, 0.25) is 0 Å².